The van der Waals surface area contributed by atoms with Gasteiger partial charge < -0.3 is 15.3 Å². The summed E-state index contributed by atoms with van der Waals surface area (Å²) in [6, 6.07) is 13.7. The topological polar surface area (TPSA) is 76.4 Å². The SMILES string of the molecule is CCN(CC)c1ccc(C=C(C#N)C(=O)Nc2ccc(O)cc2)cc1Br. The Morgan fingerprint density at radius 1 is 1.23 bits per heavy atom. The molecule has 2 N–H and O–H groups in total. The molecule has 2 rings (SSSR count). The highest BCUT2D eigenvalue weighted by molar-refractivity contribution is 9.10. The van der Waals surface area contributed by atoms with E-state index in [-0.39, 0.29) is 11.3 Å². The Labute approximate surface area is 161 Å². The number of nitrogens with zero attached hydrogens (tertiary/aromatic N) is 2. The summed E-state index contributed by atoms with van der Waals surface area (Å²) in [6.45, 7) is 5.96. The molecule has 2 aromatic rings. The van der Waals surface area contributed by atoms with Crippen molar-refractivity contribution in [2.75, 3.05) is 23.3 Å². The number of anilines is 2. The molecule has 26 heavy (non-hydrogen) atoms. The molecule has 0 spiro atoms. The zero-order chi connectivity index (χ0) is 19.1. The zero-order valence-electron chi connectivity index (χ0n) is 14.7. The minimum absolute atomic E-state index is 0.000522. The largest absolute Gasteiger partial charge is 0.508 e. The van der Waals surface area contributed by atoms with Crippen LogP contribution in [0.1, 0.15) is 19.4 Å². The maximum atomic E-state index is 12.3. The Morgan fingerprint density at radius 3 is 2.42 bits per heavy atom. The Morgan fingerprint density at radius 2 is 1.88 bits per heavy atom. The molecule has 0 aliphatic rings. The summed E-state index contributed by atoms with van der Waals surface area (Å²) in [5.41, 5.74) is 2.33. The van der Waals surface area contributed by atoms with Gasteiger partial charge in [0.2, 0.25) is 0 Å². The lowest BCUT2D eigenvalue weighted by molar-refractivity contribution is -0.112. The first-order valence-electron chi connectivity index (χ1n) is 8.25. The number of rotatable bonds is 6. The van der Waals surface area contributed by atoms with E-state index in [1.807, 2.05) is 24.3 Å². The average Bonchev–Trinajstić information content (AvgIpc) is 2.64. The van der Waals surface area contributed by atoms with Crippen LogP contribution in [0.15, 0.2) is 52.5 Å². The Bertz CT molecular complexity index is 850. The fraction of sp³-hybridized carbons (Fsp3) is 0.200. The lowest BCUT2D eigenvalue weighted by Crippen LogP contribution is -2.22. The highest BCUT2D eigenvalue weighted by atomic mass is 79.9. The van der Waals surface area contributed by atoms with Gasteiger partial charge in [0.15, 0.2) is 0 Å². The van der Waals surface area contributed by atoms with Crippen molar-refractivity contribution >= 4 is 39.3 Å². The number of hydrogen-bond donors (Lipinski definition) is 2. The van der Waals surface area contributed by atoms with Crippen LogP contribution in [0, 0.1) is 11.3 Å². The number of phenols is 1. The monoisotopic (exact) mass is 413 g/mol. The molecule has 0 bridgehead atoms. The lowest BCUT2D eigenvalue weighted by Gasteiger charge is -2.22. The molecule has 134 valence electrons. The minimum atomic E-state index is -0.498. The second-order valence-electron chi connectivity index (χ2n) is 5.55. The number of benzene rings is 2. The summed E-state index contributed by atoms with van der Waals surface area (Å²) < 4.78 is 0.909. The molecule has 0 aromatic heterocycles. The molecule has 0 atom stereocenters. The van der Waals surface area contributed by atoms with E-state index >= 15 is 0 Å². The van der Waals surface area contributed by atoms with Gasteiger partial charge in [-0.1, -0.05) is 6.07 Å². The normalized spacial score (nSPS) is 10.9. The van der Waals surface area contributed by atoms with Crippen molar-refractivity contribution in [3.05, 3.63) is 58.1 Å². The van der Waals surface area contributed by atoms with Crippen LogP contribution in [0.5, 0.6) is 5.75 Å². The van der Waals surface area contributed by atoms with Crippen LogP contribution >= 0.6 is 15.9 Å². The van der Waals surface area contributed by atoms with E-state index in [2.05, 4.69) is 40.0 Å². The van der Waals surface area contributed by atoms with Crippen LogP contribution in [0.3, 0.4) is 0 Å². The van der Waals surface area contributed by atoms with Gasteiger partial charge in [0.1, 0.15) is 17.4 Å². The van der Waals surface area contributed by atoms with E-state index in [4.69, 9.17) is 0 Å². The van der Waals surface area contributed by atoms with Gasteiger partial charge in [0.25, 0.3) is 5.91 Å². The molecule has 0 radical (unpaired) electrons. The van der Waals surface area contributed by atoms with E-state index in [0.717, 1.165) is 28.8 Å². The molecule has 0 aliphatic heterocycles. The number of halogens is 1. The molecular weight excluding hydrogens is 394 g/mol. The Kier molecular flexibility index (Phi) is 6.81. The van der Waals surface area contributed by atoms with Crippen molar-refractivity contribution in [3.63, 3.8) is 0 Å². The summed E-state index contributed by atoms with van der Waals surface area (Å²) in [5.74, 6) is -0.390. The molecule has 0 saturated heterocycles. The Hall–Kier alpha value is -2.78. The van der Waals surface area contributed by atoms with E-state index in [0.29, 0.717) is 5.69 Å². The van der Waals surface area contributed by atoms with Gasteiger partial charge in [-0.25, -0.2) is 0 Å². The van der Waals surface area contributed by atoms with Gasteiger partial charge in [-0.3, -0.25) is 4.79 Å². The predicted molar refractivity (Wildman–Crippen MR) is 108 cm³/mol. The van der Waals surface area contributed by atoms with Gasteiger partial charge in [-0.15, -0.1) is 0 Å². The van der Waals surface area contributed by atoms with Crippen LogP contribution in [0.2, 0.25) is 0 Å². The molecule has 0 aliphatic carbocycles. The van der Waals surface area contributed by atoms with E-state index < -0.39 is 5.91 Å². The first-order chi connectivity index (χ1) is 12.5. The van der Waals surface area contributed by atoms with E-state index in [1.165, 1.54) is 12.1 Å². The van der Waals surface area contributed by atoms with Gasteiger partial charge in [-0.2, -0.15) is 5.26 Å². The molecule has 0 fully saturated rings. The molecule has 0 heterocycles. The number of nitrogens with one attached hydrogen (secondary N) is 1. The first-order valence-corrected chi connectivity index (χ1v) is 9.04. The smallest absolute Gasteiger partial charge is 0.266 e. The van der Waals surface area contributed by atoms with E-state index in [9.17, 15) is 15.2 Å². The van der Waals surface area contributed by atoms with Gasteiger partial charge >= 0.3 is 0 Å². The van der Waals surface area contributed by atoms with Gasteiger partial charge in [-0.05, 0) is 77.8 Å². The summed E-state index contributed by atoms with van der Waals surface area (Å²) >= 11 is 3.56. The molecule has 6 heteroatoms. The summed E-state index contributed by atoms with van der Waals surface area (Å²) in [5, 5.41) is 21.3. The van der Waals surface area contributed by atoms with Crippen molar-refractivity contribution < 1.29 is 9.90 Å². The van der Waals surface area contributed by atoms with Gasteiger partial charge in [0.05, 0.1) is 5.69 Å². The highest BCUT2D eigenvalue weighted by Crippen LogP contribution is 2.28. The second kappa shape index (κ2) is 9.07. The maximum absolute atomic E-state index is 12.3. The Balaban J connectivity index is 2.22. The molecule has 0 saturated carbocycles. The van der Waals surface area contributed by atoms with Crippen molar-refractivity contribution in [1.29, 1.82) is 5.26 Å². The average molecular weight is 414 g/mol. The summed E-state index contributed by atoms with van der Waals surface area (Å²) in [7, 11) is 0. The van der Waals surface area contributed by atoms with Crippen LogP contribution in [-0.4, -0.2) is 24.1 Å². The lowest BCUT2D eigenvalue weighted by atomic mass is 10.1. The van der Waals surface area contributed by atoms with Gasteiger partial charge in [0, 0.05) is 23.2 Å². The van der Waals surface area contributed by atoms with Crippen molar-refractivity contribution in [1.82, 2.24) is 0 Å². The number of hydrogen-bond acceptors (Lipinski definition) is 4. The number of phenolic OH excluding ortho intramolecular Hbond substituents is 1. The fourth-order valence-electron chi connectivity index (χ4n) is 2.49. The minimum Gasteiger partial charge on any atom is -0.508 e. The first kappa shape index (κ1) is 19.5. The van der Waals surface area contributed by atoms with Crippen LogP contribution < -0.4 is 10.2 Å². The second-order valence-corrected chi connectivity index (χ2v) is 6.41. The third-order valence-electron chi connectivity index (χ3n) is 3.88. The van der Waals surface area contributed by atoms with Crippen LogP contribution in [0.25, 0.3) is 6.08 Å². The number of amides is 1. The number of carbonyl (C=O) groups is 1. The summed E-state index contributed by atoms with van der Waals surface area (Å²) in [6.07, 6.45) is 1.55. The highest BCUT2D eigenvalue weighted by Gasteiger charge is 2.11. The van der Waals surface area contributed by atoms with Crippen LogP contribution in [-0.2, 0) is 4.79 Å². The third kappa shape index (κ3) is 4.87. The van der Waals surface area contributed by atoms with Crippen molar-refractivity contribution in [2.24, 2.45) is 0 Å². The molecule has 5 nitrogen and oxygen atoms in total. The maximum Gasteiger partial charge on any atom is 0.266 e. The third-order valence-corrected chi connectivity index (χ3v) is 4.51. The van der Waals surface area contributed by atoms with Crippen molar-refractivity contribution in [3.8, 4) is 11.8 Å². The van der Waals surface area contributed by atoms with Crippen LogP contribution in [0.4, 0.5) is 11.4 Å². The number of nitriles is 1. The zero-order valence-corrected chi connectivity index (χ0v) is 16.2. The molecule has 1 amide bonds. The number of aromatic hydroxyl groups is 1. The predicted octanol–water partition coefficient (Wildman–Crippen LogP) is 4.55. The molecule has 2 aromatic carbocycles. The number of carbonyl (C=O) groups excluding carboxylic acids is 1. The standard InChI is InChI=1S/C20H20BrN3O2/c1-3-24(4-2)19-10-5-14(12-18(19)21)11-15(13-22)20(26)23-16-6-8-17(25)9-7-16/h5-12,25H,3-4H2,1-2H3,(H,23,26). The molecule has 0 unspecified atom stereocenters. The quantitative estimate of drug-likeness (QED) is 0.413. The fourth-order valence-corrected chi connectivity index (χ4v) is 3.14. The summed E-state index contributed by atoms with van der Waals surface area (Å²) in [4.78, 5) is 14.5. The van der Waals surface area contributed by atoms with E-state index in [1.54, 1.807) is 18.2 Å². The molecular formula is C20H20BrN3O2. The van der Waals surface area contributed by atoms with Crippen molar-refractivity contribution in [2.45, 2.75) is 13.8 Å².